The van der Waals surface area contributed by atoms with Crippen LogP contribution >= 0.6 is 0 Å². The van der Waals surface area contributed by atoms with Crippen molar-refractivity contribution in [2.75, 3.05) is 0 Å². The van der Waals surface area contributed by atoms with Crippen LogP contribution < -0.4 is 0 Å². The minimum Gasteiger partial charge on any atom is -0.491 e. The van der Waals surface area contributed by atoms with Crippen LogP contribution in [0.3, 0.4) is 0 Å². The van der Waals surface area contributed by atoms with E-state index in [-0.39, 0.29) is 6.10 Å². The van der Waals surface area contributed by atoms with Gasteiger partial charge in [0.05, 0.1) is 5.76 Å². The van der Waals surface area contributed by atoms with E-state index >= 15 is 0 Å². The summed E-state index contributed by atoms with van der Waals surface area (Å²) in [6.45, 7) is 18.8. The van der Waals surface area contributed by atoms with Gasteiger partial charge in [0.15, 0.2) is 0 Å². The van der Waals surface area contributed by atoms with Crippen LogP contribution in [0, 0.1) is 11.8 Å². The molecule has 2 unspecified atom stereocenters. The first-order valence-corrected chi connectivity index (χ1v) is 7.04. The molecule has 0 N–H and O–H groups in total. The average molecular weight is 250 g/mol. The van der Waals surface area contributed by atoms with Gasteiger partial charge in [0.25, 0.3) is 0 Å². The van der Waals surface area contributed by atoms with Crippen LogP contribution in [0.25, 0.3) is 0 Å². The summed E-state index contributed by atoms with van der Waals surface area (Å²) in [6, 6.07) is 0. The van der Waals surface area contributed by atoms with E-state index < -0.39 is 0 Å². The van der Waals surface area contributed by atoms with E-state index in [2.05, 4.69) is 53.0 Å². The molecule has 0 spiro atoms. The molecule has 0 aliphatic carbocycles. The molecule has 0 fully saturated rings. The highest BCUT2D eigenvalue weighted by atomic mass is 16.5. The van der Waals surface area contributed by atoms with Crippen molar-refractivity contribution in [1.29, 1.82) is 0 Å². The Balaban J connectivity index is 4.48. The van der Waals surface area contributed by atoms with E-state index in [1.807, 2.05) is 6.92 Å². The Morgan fingerprint density at radius 1 is 1.22 bits per heavy atom. The summed E-state index contributed by atoms with van der Waals surface area (Å²) in [4.78, 5) is 0. The first kappa shape index (κ1) is 17.0. The lowest BCUT2D eigenvalue weighted by atomic mass is 9.96. The van der Waals surface area contributed by atoms with Crippen LogP contribution in [0.2, 0.25) is 0 Å². The van der Waals surface area contributed by atoms with Crippen LogP contribution in [-0.2, 0) is 4.74 Å². The Kier molecular flexibility index (Phi) is 8.53. The molecule has 2 atom stereocenters. The summed E-state index contributed by atoms with van der Waals surface area (Å²) in [5.41, 5.74) is 1.14. The zero-order valence-electron chi connectivity index (χ0n) is 12.8. The molecule has 1 nitrogen and oxygen atoms in total. The van der Waals surface area contributed by atoms with Crippen molar-refractivity contribution >= 4 is 0 Å². The van der Waals surface area contributed by atoms with Crippen molar-refractivity contribution < 1.29 is 4.74 Å². The van der Waals surface area contributed by atoms with E-state index in [0.717, 1.165) is 24.2 Å². The molecular weight excluding hydrogens is 220 g/mol. The lowest BCUT2D eigenvalue weighted by molar-refractivity contribution is 0.120. The maximum Gasteiger partial charge on any atom is 0.120 e. The minimum absolute atomic E-state index is 0.0859. The van der Waals surface area contributed by atoms with Crippen molar-refractivity contribution in [3.63, 3.8) is 0 Å². The van der Waals surface area contributed by atoms with Crippen LogP contribution in [0.4, 0.5) is 0 Å². The van der Waals surface area contributed by atoms with Crippen molar-refractivity contribution in [3.05, 3.63) is 36.6 Å². The molecule has 0 rings (SSSR count). The van der Waals surface area contributed by atoms with E-state index in [4.69, 9.17) is 4.74 Å². The maximum atomic E-state index is 5.99. The molecule has 104 valence electrons. The fourth-order valence-corrected chi connectivity index (χ4v) is 1.58. The molecule has 0 aromatic rings. The highest BCUT2D eigenvalue weighted by molar-refractivity contribution is 5.03. The Hall–Kier alpha value is -0.980. The quantitative estimate of drug-likeness (QED) is 0.388. The van der Waals surface area contributed by atoms with E-state index in [9.17, 15) is 0 Å². The van der Waals surface area contributed by atoms with Gasteiger partial charge in [-0.3, -0.25) is 0 Å². The topological polar surface area (TPSA) is 9.23 Å². The molecule has 18 heavy (non-hydrogen) atoms. The van der Waals surface area contributed by atoms with Gasteiger partial charge in [0.1, 0.15) is 6.10 Å². The van der Waals surface area contributed by atoms with E-state index in [0.29, 0.717) is 11.8 Å². The molecule has 0 saturated heterocycles. The minimum atomic E-state index is 0.0859. The molecule has 0 aliphatic rings. The highest BCUT2D eigenvalue weighted by Crippen LogP contribution is 2.22. The lowest BCUT2D eigenvalue weighted by Gasteiger charge is -2.24. The molecule has 0 aromatic carbocycles. The zero-order chi connectivity index (χ0) is 14.1. The number of unbranched alkanes of at least 4 members (excludes halogenated alkanes) is 1. The van der Waals surface area contributed by atoms with Gasteiger partial charge >= 0.3 is 0 Å². The van der Waals surface area contributed by atoms with E-state index in [1.54, 1.807) is 0 Å². The third kappa shape index (κ3) is 7.37. The molecule has 1 heteroatoms. The fourth-order valence-electron chi connectivity index (χ4n) is 1.58. The van der Waals surface area contributed by atoms with Gasteiger partial charge in [-0.2, -0.15) is 0 Å². The summed E-state index contributed by atoms with van der Waals surface area (Å²) in [5, 5.41) is 0. The van der Waals surface area contributed by atoms with Gasteiger partial charge in [0, 0.05) is 12.3 Å². The van der Waals surface area contributed by atoms with Crippen LogP contribution in [0.15, 0.2) is 36.6 Å². The predicted molar refractivity (Wildman–Crippen MR) is 81.5 cm³/mol. The fraction of sp³-hybridized carbons (Fsp3) is 0.647. The number of ether oxygens (including phenoxy) is 1. The number of allylic oxidation sites excluding steroid dienone is 2. The second kappa shape index (κ2) is 9.02. The second-order valence-corrected chi connectivity index (χ2v) is 5.53. The lowest BCUT2D eigenvalue weighted by Crippen LogP contribution is -2.16. The number of rotatable bonds is 9. The van der Waals surface area contributed by atoms with Crippen molar-refractivity contribution in [3.8, 4) is 0 Å². The molecule has 0 heterocycles. The zero-order valence-corrected chi connectivity index (χ0v) is 12.8. The van der Waals surface area contributed by atoms with Crippen LogP contribution in [-0.4, -0.2) is 6.10 Å². The summed E-state index contributed by atoms with van der Waals surface area (Å²) in [6.07, 6.45) is 7.56. The Morgan fingerprint density at radius 2 is 1.83 bits per heavy atom. The highest BCUT2D eigenvalue weighted by Gasteiger charge is 2.15. The van der Waals surface area contributed by atoms with Gasteiger partial charge < -0.3 is 4.74 Å². The predicted octanol–water partition coefficient (Wildman–Crippen LogP) is 5.50. The van der Waals surface area contributed by atoms with Gasteiger partial charge in [-0.25, -0.2) is 0 Å². The first-order valence-electron chi connectivity index (χ1n) is 7.04. The van der Waals surface area contributed by atoms with E-state index in [1.165, 1.54) is 6.42 Å². The van der Waals surface area contributed by atoms with Gasteiger partial charge in [0.2, 0.25) is 0 Å². The first-order chi connectivity index (χ1) is 8.38. The summed E-state index contributed by atoms with van der Waals surface area (Å²) >= 11 is 0. The maximum absolute atomic E-state index is 5.99. The van der Waals surface area contributed by atoms with Gasteiger partial charge in [-0.05, 0) is 25.3 Å². The third-order valence-electron chi connectivity index (χ3n) is 3.17. The van der Waals surface area contributed by atoms with Crippen molar-refractivity contribution in [2.45, 2.75) is 60.0 Å². The molecule has 0 amide bonds. The third-order valence-corrected chi connectivity index (χ3v) is 3.17. The standard InChI is InChI=1S/C17H30O/c1-8-9-10-11-17(12-13(2)3)18-16(7)15(6)14(4)5/h10-11,14-15,17H,2,7-9,12H2,1,3-6H3. The van der Waals surface area contributed by atoms with Crippen LogP contribution in [0.5, 0.6) is 0 Å². The summed E-state index contributed by atoms with van der Waals surface area (Å²) < 4.78 is 5.99. The molecule has 0 saturated carbocycles. The van der Waals surface area contributed by atoms with Crippen LogP contribution in [0.1, 0.15) is 53.9 Å². The Morgan fingerprint density at radius 3 is 2.28 bits per heavy atom. The molecule has 0 aliphatic heterocycles. The smallest absolute Gasteiger partial charge is 0.120 e. The SMILES string of the molecule is C=C(C)CC(C=CCCC)OC(=C)C(C)C(C)C. The second-order valence-electron chi connectivity index (χ2n) is 5.53. The van der Waals surface area contributed by atoms with Gasteiger partial charge in [-0.1, -0.05) is 58.9 Å². The summed E-state index contributed by atoms with van der Waals surface area (Å²) in [7, 11) is 0. The van der Waals surface area contributed by atoms with Crippen molar-refractivity contribution in [2.24, 2.45) is 11.8 Å². The Bertz CT molecular complexity index is 286. The average Bonchev–Trinajstić information content (AvgIpc) is 2.27. The number of hydrogen-bond donors (Lipinski definition) is 0. The molecule has 0 bridgehead atoms. The van der Waals surface area contributed by atoms with Crippen molar-refractivity contribution in [1.82, 2.24) is 0 Å². The normalized spacial score (nSPS) is 14.8. The summed E-state index contributed by atoms with van der Waals surface area (Å²) in [5.74, 6) is 1.83. The monoisotopic (exact) mass is 250 g/mol. The Labute approximate surface area is 114 Å². The molecule has 0 aromatic heterocycles. The van der Waals surface area contributed by atoms with Gasteiger partial charge in [-0.15, -0.1) is 0 Å². The molecular formula is C17H30O. The molecule has 0 radical (unpaired) electrons. The number of hydrogen-bond acceptors (Lipinski definition) is 1. The largest absolute Gasteiger partial charge is 0.491 e.